The molecule has 2 aromatic heterocycles. The topological polar surface area (TPSA) is 70.8 Å². The Kier molecular flexibility index (Phi) is 6.56. The van der Waals surface area contributed by atoms with Crippen LogP contribution in [0.2, 0.25) is 0 Å². The summed E-state index contributed by atoms with van der Waals surface area (Å²) < 4.78 is 57.7. The zero-order chi connectivity index (χ0) is 24.1. The van der Waals surface area contributed by atoms with Gasteiger partial charge in [0.2, 0.25) is 5.92 Å². The molecule has 2 fully saturated rings. The maximum atomic E-state index is 13.7. The Morgan fingerprint density at radius 1 is 1.12 bits per heavy atom. The lowest BCUT2D eigenvalue weighted by molar-refractivity contribution is -0.0547. The normalized spacial score (nSPS) is 28.0. The lowest BCUT2D eigenvalue weighted by atomic mass is 9.78. The van der Waals surface area contributed by atoms with Gasteiger partial charge in [0.1, 0.15) is 0 Å². The molecule has 1 aliphatic heterocycles. The number of hydrogen-bond acceptors (Lipinski definition) is 4. The van der Waals surface area contributed by atoms with Crippen LogP contribution < -0.4 is 0 Å². The third-order valence-electron chi connectivity index (χ3n) is 7.55. The van der Waals surface area contributed by atoms with E-state index in [9.17, 15) is 17.2 Å². The number of rotatable bonds is 5. The second kappa shape index (κ2) is 8.85. The third-order valence-corrected chi connectivity index (χ3v) is 9.46. The highest BCUT2D eigenvalue weighted by Crippen LogP contribution is 2.42. The summed E-state index contributed by atoms with van der Waals surface area (Å²) in [5.74, 6) is -2.77. The van der Waals surface area contributed by atoms with Gasteiger partial charge in [0.05, 0.1) is 11.4 Å². The van der Waals surface area contributed by atoms with Gasteiger partial charge in [-0.1, -0.05) is 6.92 Å². The molecule has 0 unspecified atom stereocenters. The predicted molar refractivity (Wildman–Crippen MR) is 124 cm³/mol. The van der Waals surface area contributed by atoms with Gasteiger partial charge in [0, 0.05) is 56.7 Å². The van der Waals surface area contributed by atoms with E-state index >= 15 is 0 Å². The van der Waals surface area contributed by atoms with E-state index in [0.717, 1.165) is 36.1 Å². The summed E-state index contributed by atoms with van der Waals surface area (Å²) >= 11 is 0. The molecule has 1 saturated carbocycles. The van der Waals surface area contributed by atoms with E-state index in [1.54, 1.807) is 18.4 Å². The van der Waals surface area contributed by atoms with Crippen LogP contribution in [-0.2, 0) is 10.2 Å². The van der Waals surface area contributed by atoms with Crippen molar-refractivity contribution in [1.82, 2.24) is 23.2 Å². The number of nitrogens with zero attached hydrogens (tertiary/aromatic N) is 5. The van der Waals surface area contributed by atoms with Gasteiger partial charge in [0.25, 0.3) is 10.2 Å². The third kappa shape index (κ3) is 4.79. The molecule has 0 spiro atoms. The molecule has 7 nitrogen and oxygen atoms in total. The molecule has 1 aliphatic carbocycles. The van der Waals surface area contributed by atoms with Gasteiger partial charge in [-0.05, 0) is 57.9 Å². The summed E-state index contributed by atoms with van der Waals surface area (Å²) in [6.45, 7) is 6.01. The Morgan fingerprint density at radius 2 is 1.79 bits per heavy atom. The van der Waals surface area contributed by atoms with Crippen LogP contribution in [0.4, 0.5) is 8.78 Å². The van der Waals surface area contributed by atoms with Gasteiger partial charge in [-0.15, -0.1) is 0 Å². The molecule has 0 radical (unpaired) electrons. The summed E-state index contributed by atoms with van der Waals surface area (Å²) in [6.07, 6.45) is 3.16. The zero-order valence-electron chi connectivity index (χ0n) is 20.1. The van der Waals surface area contributed by atoms with Crippen LogP contribution in [0.1, 0.15) is 74.9 Å². The first-order valence-electron chi connectivity index (χ1n) is 11.8. The van der Waals surface area contributed by atoms with Gasteiger partial charge in [0.15, 0.2) is 5.65 Å². The molecule has 0 bridgehead atoms. The molecule has 4 rings (SSSR count). The van der Waals surface area contributed by atoms with Crippen molar-refractivity contribution in [3.05, 3.63) is 29.2 Å². The number of aryl methyl sites for hydroxylation is 1. The van der Waals surface area contributed by atoms with Crippen molar-refractivity contribution in [2.24, 2.45) is 11.8 Å². The maximum Gasteiger partial charge on any atom is 0.281 e. The van der Waals surface area contributed by atoms with Crippen molar-refractivity contribution < 1.29 is 17.2 Å². The van der Waals surface area contributed by atoms with Gasteiger partial charge in [-0.2, -0.15) is 22.1 Å². The van der Waals surface area contributed by atoms with Crippen LogP contribution >= 0.6 is 0 Å². The number of alkyl halides is 2. The molecule has 10 heteroatoms. The molecule has 2 aliphatic rings. The average molecular weight is 484 g/mol. The van der Waals surface area contributed by atoms with Crippen molar-refractivity contribution in [3.63, 3.8) is 0 Å². The van der Waals surface area contributed by atoms with Crippen LogP contribution in [0.15, 0.2) is 12.1 Å². The van der Waals surface area contributed by atoms with Crippen LogP contribution in [0, 0.1) is 18.8 Å². The summed E-state index contributed by atoms with van der Waals surface area (Å²) in [5, 5.41) is 4.88. The van der Waals surface area contributed by atoms with Crippen LogP contribution in [0.25, 0.3) is 5.65 Å². The second-order valence-corrected chi connectivity index (χ2v) is 12.3. The number of fused-ring (bicyclic) bond motifs is 1. The minimum absolute atomic E-state index is 0.0139. The van der Waals surface area contributed by atoms with E-state index in [1.165, 1.54) is 4.31 Å². The zero-order valence-corrected chi connectivity index (χ0v) is 20.9. The number of piperidine rings is 1. The molecular weight excluding hydrogens is 448 g/mol. The molecule has 3 heterocycles. The second-order valence-electron chi connectivity index (χ2n) is 10.2. The fourth-order valence-electron chi connectivity index (χ4n) is 5.37. The molecule has 2 atom stereocenters. The van der Waals surface area contributed by atoms with Crippen molar-refractivity contribution in [2.45, 2.75) is 70.6 Å². The fraction of sp³-hybridized carbons (Fsp3) is 0.739. The fourth-order valence-corrected chi connectivity index (χ4v) is 6.52. The van der Waals surface area contributed by atoms with Gasteiger partial charge in [-0.25, -0.2) is 18.3 Å². The molecule has 33 heavy (non-hydrogen) atoms. The van der Waals surface area contributed by atoms with E-state index in [4.69, 9.17) is 5.10 Å². The summed E-state index contributed by atoms with van der Waals surface area (Å²) in [5.41, 5.74) is 3.46. The summed E-state index contributed by atoms with van der Waals surface area (Å²) in [7, 11) is -0.386. The van der Waals surface area contributed by atoms with Crippen molar-refractivity contribution >= 4 is 15.9 Å². The minimum atomic E-state index is -3.50. The van der Waals surface area contributed by atoms with E-state index in [-0.39, 0.29) is 11.8 Å². The monoisotopic (exact) mass is 483 g/mol. The van der Waals surface area contributed by atoms with Crippen molar-refractivity contribution in [2.75, 3.05) is 27.2 Å². The first-order valence-corrected chi connectivity index (χ1v) is 13.2. The van der Waals surface area contributed by atoms with Crippen LogP contribution in [0.5, 0.6) is 0 Å². The largest absolute Gasteiger partial charge is 0.281 e. The highest BCUT2D eigenvalue weighted by molar-refractivity contribution is 7.86. The van der Waals surface area contributed by atoms with Gasteiger partial charge < -0.3 is 0 Å². The Bertz CT molecular complexity index is 1100. The van der Waals surface area contributed by atoms with Gasteiger partial charge >= 0.3 is 0 Å². The molecule has 2 aromatic rings. The maximum absolute atomic E-state index is 13.7. The molecule has 1 saturated heterocycles. The first-order chi connectivity index (χ1) is 15.4. The SMILES string of the molecule is Cc1cc([C@H]2CN(S(=O)(=O)N(C)C)CC[C@@H]2C)n2nc(C3CCC(C(C)(F)F)CC3)cc2n1. The van der Waals surface area contributed by atoms with Crippen molar-refractivity contribution in [1.29, 1.82) is 0 Å². The van der Waals surface area contributed by atoms with Gasteiger partial charge in [-0.3, -0.25) is 0 Å². The van der Waals surface area contributed by atoms with E-state index in [1.807, 2.05) is 23.6 Å². The molecular formula is C23H35F2N5O2S. The Morgan fingerprint density at radius 3 is 2.39 bits per heavy atom. The van der Waals surface area contributed by atoms with E-state index in [2.05, 4.69) is 11.9 Å². The standard InChI is InChI=1S/C23H35F2N5O2S/c1-15-10-11-29(33(31,32)28(4)5)14-19(15)21-12-16(2)26-22-13-20(27-30(21)22)17-6-8-18(9-7-17)23(3,24)25/h12-13,15,17-19H,6-11,14H2,1-5H3/t15-,17?,18?,19-/m0/s1. The number of hydrogen-bond donors (Lipinski definition) is 0. The highest BCUT2D eigenvalue weighted by atomic mass is 32.2. The summed E-state index contributed by atoms with van der Waals surface area (Å²) in [4.78, 5) is 4.66. The average Bonchev–Trinajstić information content (AvgIpc) is 3.16. The van der Waals surface area contributed by atoms with E-state index in [0.29, 0.717) is 44.7 Å². The molecule has 184 valence electrons. The van der Waals surface area contributed by atoms with Crippen LogP contribution in [0.3, 0.4) is 0 Å². The predicted octanol–water partition coefficient (Wildman–Crippen LogP) is 4.20. The molecule has 0 amide bonds. The Hall–Kier alpha value is -1.65. The highest BCUT2D eigenvalue weighted by Gasteiger charge is 2.39. The van der Waals surface area contributed by atoms with E-state index < -0.39 is 22.0 Å². The molecule has 0 aromatic carbocycles. The Labute approximate surface area is 195 Å². The lowest BCUT2D eigenvalue weighted by Crippen LogP contribution is -2.47. The van der Waals surface area contributed by atoms with Crippen molar-refractivity contribution in [3.8, 4) is 0 Å². The lowest BCUT2D eigenvalue weighted by Gasteiger charge is -2.37. The quantitative estimate of drug-likeness (QED) is 0.639. The smallest absolute Gasteiger partial charge is 0.234 e. The van der Waals surface area contributed by atoms with Crippen LogP contribution in [-0.4, -0.2) is 64.7 Å². The number of halogens is 2. The number of aromatic nitrogens is 3. The first kappa shape index (κ1) is 24.5. The minimum Gasteiger partial charge on any atom is -0.234 e. The molecule has 0 N–H and O–H groups in total. The Balaban J connectivity index is 1.64. The summed E-state index contributed by atoms with van der Waals surface area (Å²) in [6, 6.07) is 3.98.